The molecule has 0 aliphatic rings. The zero-order chi connectivity index (χ0) is 12.1. The van der Waals surface area contributed by atoms with Crippen LogP contribution in [-0.4, -0.2) is 17.2 Å². The zero-order valence-corrected chi connectivity index (χ0v) is 9.37. The van der Waals surface area contributed by atoms with E-state index >= 15 is 0 Å². The summed E-state index contributed by atoms with van der Waals surface area (Å²) in [6.45, 7) is 3.74. The van der Waals surface area contributed by atoms with Gasteiger partial charge in [-0.25, -0.2) is 9.18 Å². The molecular formula is C12H15FO3. The van der Waals surface area contributed by atoms with Crippen LogP contribution in [0.3, 0.4) is 0 Å². The highest BCUT2D eigenvalue weighted by Gasteiger charge is 2.16. The molecule has 1 N–H and O–H groups in total. The fourth-order valence-electron chi connectivity index (χ4n) is 1.38. The predicted molar refractivity (Wildman–Crippen MR) is 57.9 cm³/mol. The summed E-state index contributed by atoms with van der Waals surface area (Å²) in [5.41, 5.74) is -0.152. The standard InChI is InChI=1S/C12H15FO3/c1-3-4-8(2)16-12(15)10-6-5-9(14)7-11(10)13/h5-8,14H,3-4H2,1-2H3. The van der Waals surface area contributed by atoms with Crippen LogP contribution in [0.5, 0.6) is 5.75 Å². The molecule has 4 heteroatoms. The topological polar surface area (TPSA) is 46.5 Å². The molecule has 0 aliphatic carbocycles. The van der Waals surface area contributed by atoms with E-state index in [9.17, 15) is 9.18 Å². The molecule has 3 nitrogen and oxygen atoms in total. The van der Waals surface area contributed by atoms with Gasteiger partial charge in [0, 0.05) is 6.07 Å². The summed E-state index contributed by atoms with van der Waals surface area (Å²) in [4.78, 5) is 11.5. The number of carbonyl (C=O) groups excluding carboxylic acids is 1. The molecule has 88 valence electrons. The Bertz CT molecular complexity index is 377. The molecule has 0 fully saturated rings. The van der Waals surface area contributed by atoms with E-state index in [1.165, 1.54) is 12.1 Å². The molecule has 0 saturated carbocycles. The lowest BCUT2D eigenvalue weighted by Crippen LogP contribution is -2.15. The molecule has 1 aromatic rings. The Hall–Kier alpha value is -1.58. The van der Waals surface area contributed by atoms with Crippen molar-refractivity contribution in [1.29, 1.82) is 0 Å². The Morgan fingerprint density at radius 2 is 2.25 bits per heavy atom. The first kappa shape index (κ1) is 12.5. The summed E-state index contributed by atoms with van der Waals surface area (Å²) in [5, 5.41) is 8.99. The monoisotopic (exact) mass is 226 g/mol. The van der Waals surface area contributed by atoms with Crippen LogP contribution in [-0.2, 0) is 4.74 Å². The van der Waals surface area contributed by atoms with Gasteiger partial charge in [0.25, 0.3) is 0 Å². The van der Waals surface area contributed by atoms with Crippen molar-refractivity contribution in [3.8, 4) is 5.75 Å². The van der Waals surface area contributed by atoms with Crippen molar-refractivity contribution < 1.29 is 19.0 Å². The Morgan fingerprint density at radius 1 is 1.56 bits per heavy atom. The summed E-state index contributed by atoms with van der Waals surface area (Å²) in [6.07, 6.45) is 1.41. The molecule has 0 heterocycles. The van der Waals surface area contributed by atoms with E-state index in [2.05, 4.69) is 0 Å². The van der Waals surface area contributed by atoms with Crippen molar-refractivity contribution in [2.75, 3.05) is 0 Å². The number of halogens is 1. The summed E-state index contributed by atoms with van der Waals surface area (Å²) in [7, 11) is 0. The highest BCUT2D eigenvalue weighted by atomic mass is 19.1. The molecule has 1 rings (SSSR count). The van der Waals surface area contributed by atoms with E-state index in [0.717, 1.165) is 18.9 Å². The van der Waals surface area contributed by atoms with Crippen LogP contribution in [0.2, 0.25) is 0 Å². The summed E-state index contributed by atoms with van der Waals surface area (Å²) < 4.78 is 18.3. The average Bonchev–Trinajstić information content (AvgIpc) is 2.17. The third-order valence-corrected chi connectivity index (χ3v) is 2.18. The lowest BCUT2D eigenvalue weighted by Gasteiger charge is -2.12. The van der Waals surface area contributed by atoms with Gasteiger partial charge < -0.3 is 9.84 Å². The van der Waals surface area contributed by atoms with Gasteiger partial charge in [0.1, 0.15) is 11.6 Å². The minimum absolute atomic E-state index is 0.152. The second kappa shape index (κ2) is 5.49. The molecule has 1 unspecified atom stereocenters. The quantitative estimate of drug-likeness (QED) is 0.803. The average molecular weight is 226 g/mol. The number of phenolic OH excluding ortho intramolecular Hbond substituents is 1. The van der Waals surface area contributed by atoms with Crippen LogP contribution >= 0.6 is 0 Å². The van der Waals surface area contributed by atoms with Crippen LogP contribution in [0.25, 0.3) is 0 Å². The minimum Gasteiger partial charge on any atom is -0.508 e. The van der Waals surface area contributed by atoms with E-state index in [1.807, 2.05) is 6.92 Å². The largest absolute Gasteiger partial charge is 0.508 e. The lowest BCUT2D eigenvalue weighted by atomic mass is 10.2. The molecule has 0 aliphatic heterocycles. The van der Waals surface area contributed by atoms with Gasteiger partial charge in [-0.3, -0.25) is 0 Å². The number of rotatable bonds is 4. The van der Waals surface area contributed by atoms with Crippen molar-refractivity contribution in [2.45, 2.75) is 32.8 Å². The number of hydrogen-bond donors (Lipinski definition) is 1. The van der Waals surface area contributed by atoms with Gasteiger partial charge in [0.05, 0.1) is 11.7 Å². The number of carbonyl (C=O) groups is 1. The van der Waals surface area contributed by atoms with E-state index < -0.39 is 11.8 Å². The summed E-state index contributed by atoms with van der Waals surface area (Å²) in [5.74, 6) is -1.68. The first-order valence-corrected chi connectivity index (χ1v) is 5.24. The van der Waals surface area contributed by atoms with Crippen LogP contribution in [0.1, 0.15) is 37.0 Å². The number of esters is 1. The normalized spacial score (nSPS) is 12.2. The van der Waals surface area contributed by atoms with Crippen molar-refractivity contribution in [3.05, 3.63) is 29.6 Å². The van der Waals surface area contributed by atoms with Crippen molar-refractivity contribution in [1.82, 2.24) is 0 Å². The Balaban J connectivity index is 2.73. The maximum atomic E-state index is 13.3. The van der Waals surface area contributed by atoms with Gasteiger partial charge in [0.2, 0.25) is 0 Å². The minimum atomic E-state index is -0.770. The highest BCUT2D eigenvalue weighted by molar-refractivity contribution is 5.89. The first-order chi connectivity index (χ1) is 7.54. The van der Waals surface area contributed by atoms with Crippen LogP contribution < -0.4 is 0 Å². The SMILES string of the molecule is CCCC(C)OC(=O)c1ccc(O)cc1F. The molecule has 0 radical (unpaired) electrons. The Kier molecular flexibility index (Phi) is 4.28. The number of benzene rings is 1. The van der Waals surface area contributed by atoms with Gasteiger partial charge in [-0.05, 0) is 25.5 Å². The van der Waals surface area contributed by atoms with E-state index in [1.54, 1.807) is 6.92 Å². The third-order valence-electron chi connectivity index (χ3n) is 2.18. The lowest BCUT2D eigenvalue weighted by molar-refractivity contribution is 0.0318. The maximum absolute atomic E-state index is 13.3. The molecular weight excluding hydrogens is 211 g/mol. The maximum Gasteiger partial charge on any atom is 0.341 e. The zero-order valence-electron chi connectivity index (χ0n) is 9.37. The van der Waals surface area contributed by atoms with Gasteiger partial charge in [-0.15, -0.1) is 0 Å². The van der Waals surface area contributed by atoms with Gasteiger partial charge in [-0.1, -0.05) is 13.3 Å². The fourth-order valence-corrected chi connectivity index (χ4v) is 1.38. The summed E-state index contributed by atoms with van der Waals surface area (Å²) in [6, 6.07) is 3.36. The Morgan fingerprint density at radius 3 is 2.81 bits per heavy atom. The molecule has 0 bridgehead atoms. The van der Waals surface area contributed by atoms with Crippen molar-refractivity contribution >= 4 is 5.97 Å². The van der Waals surface area contributed by atoms with E-state index in [0.29, 0.717) is 0 Å². The molecule has 0 aromatic heterocycles. The predicted octanol–water partition coefficient (Wildman–Crippen LogP) is 2.88. The highest BCUT2D eigenvalue weighted by Crippen LogP contribution is 2.16. The number of phenols is 1. The number of aromatic hydroxyl groups is 1. The number of ether oxygens (including phenoxy) is 1. The van der Waals surface area contributed by atoms with Crippen molar-refractivity contribution in [3.63, 3.8) is 0 Å². The molecule has 16 heavy (non-hydrogen) atoms. The number of hydrogen-bond acceptors (Lipinski definition) is 3. The second-order valence-corrected chi connectivity index (χ2v) is 3.67. The second-order valence-electron chi connectivity index (χ2n) is 3.67. The van der Waals surface area contributed by atoms with Gasteiger partial charge >= 0.3 is 5.97 Å². The smallest absolute Gasteiger partial charge is 0.341 e. The van der Waals surface area contributed by atoms with Crippen LogP contribution in [0.4, 0.5) is 4.39 Å². The molecule has 0 amide bonds. The molecule has 1 aromatic carbocycles. The van der Waals surface area contributed by atoms with E-state index in [-0.39, 0.29) is 17.4 Å². The van der Waals surface area contributed by atoms with E-state index in [4.69, 9.17) is 9.84 Å². The van der Waals surface area contributed by atoms with Crippen molar-refractivity contribution in [2.24, 2.45) is 0 Å². The first-order valence-electron chi connectivity index (χ1n) is 5.24. The van der Waals surface area contributed by atoms with Crippen LogP contribution in [0.15, 0.2) is 18.2 Å². The Labute approximate surface area is 93.9 Å². The van der Waals surface area contributed by atoms with Crippen LogP contribution in [0, 0.1) is 5.82 Å². The molecule has 0 saturated heterocycles. The molecule has 0 spiro atoms. The fraction of sp³-hybridized carbons (Fsp3) is 0.417. The summed E-state index contributed by atoms with van der Waals surface area (Å²) >= 11 is 0. The molecule has 1 atom stereocenters. The third kappa shape index (κ3) is 3.22. The van der Waals surface area contributed by atoms with Gasteiger partial charge in [-0.2, -0.15) is 0 Å². The van der Waals surface area contributed by atoms with Gasteiger partial charge in [0.15, 0.2) is 0 Å².